The van der Waals surface area contributed by atoms with Gasteiger partial charge in [-0.05, 0) is 67.1 Å². The Hall–Kier alpha value is -4.05. The molecule has 1 heterocycles. The molecule has 1 aliphatic heterocycles. The number of ether oxygens (including phenoxy) is 3. The molecule has 33 heavy (non-hydrogen) atoms. The third-order valence-corrected chi connectivity index (χ3v) is 6.02. The zero-order chi connectivity index (χ0) is 23.3. The SMILES string of the molecule is CCOc1ccc(S(=O)(=O)Nc2ccccc2C(=O)N/N=C/c2ccc3c(c2)OCO3)cc1. The number of rotatable bonds is 8. The van der Waals surface area contributed by atoms with Crippen molar-refractivity contribution < 1.29 is 27.4 Å². The Labute approximate surface area is 191 Å². The number of carbonyl (C=O) groups excluding carboxylic acids is 1. The molecule has 0 spiro atoms. The van der Waals surface area contributed by atoms with Gasteiger partial charge in [0.2, 0.25) is 6.79 Å². The summed E-state index contributed by atoms with van der Waals surface area (Å²) in [6.07, 6.45) is 1.45. The fourth-order valence-corrected chi connectivity index (χ4v) is 4.15. The molecule has 10 heteroatoms. The fourth-order valence-electron chi connectivity index (χ4n) is 3.07. The van der Waals surface area contributed by atoms with Crippen LogP contribution in [-0.4, -0.2) is 33.9 Å². The average Bonchev–Trinajstić information content (AvgIpc) is 3.28. The van der Waals surface area contributed by atoms with Gasteiger partial charge in [0, 0.05) is 0 Å². The number of sulfonamides is 1. The number of fused-ring (bicyclic) bond motifs is 1. The molecule has 3 aromatic carbocycles. The Bertz CT molecular complexity index is 1290. The Kier molecular flexibility index (Phi) is 6.45. The quantitative estimate of drug-likeness (QED) is 0.388. The molecule has 4 rings (SSSR count). The van der Waals surface area contributed by atoms with Crippen LogP contribution in [-0.2, 0) is 10.0 Å². The van der Waals surface area contributed by atoms with Gasteiger partial charge in [0.25, 0.3) is 15.9 Å². The zero-order valence-corrected chi connectivity index (χ0v) is 18.5. The van der Waals surface area contributed by atoms with Gasteiger partial charge < -0.3 is 14.2 Å². The lowest BCUT2D eigenvalue weighted by Crippen LogP contribution is -2.21. The molecule has 3 aromatic rings. The number of amides is 1. The van der Waals surface area contributed by atoms with Crippen LogP contribution in [0.4, 0.5) is 5.69 Å². The topological polar surface area (TPSA) is 115 Å². The largest absolute Gasteiger partial charge is 0.494 e. The van der Waals surface area contributed by atoms with E-state index in [1.54, 1.807) is 42.5 Å². The Morgan fingerprint density at radius 3 is 2.61 bits per heavy atom. The van der Waals surface area contributed by atoms with Gasteiger partial charge in [-0.3, -0.25) is 9.52 Å². The van der Waals surface area contributed by atoms with Crippen molar-refractivity contribution in [1.29, 1.82) is 0 Å². The molecule has 0 unspecified atom stereocenters. The van der Waals surface area contributed by atoms with Gasteiger partial charge in [0.15, 0.2) is 11.5 Å². The molecule has 0 radical (unpaired) electrons. The minimum absolute atomic E-state index is 0.0435. The van der Waals surface area contributed by atoms with Crippen molar-refractivity contribution in [3.63, 3.8) is 0 Å². The highest BCUT2D eigenvalue weighted by Gasteiger charge is 2.19. The van der Waals surface area contributed by atoms with Crippen LogP contribution in [0, 0.1) is 0 Å². The number of para-hydroxylation sites is 1. The molecule has 0 atom stereocenters. The first-order valence-electron chi connectivity index (χ1n) is 10.0. The normalized spacial score (nSPS) is 12.5. The molecule has 0 aromatic heterocycles. The first-order valence-corrected chi connectivity index (χ1v) is 11.5. The Morgan fingerprint density at radius 2 is 1.82 bits per heavy atom. The standard InChI is InChI=1S/C23H21N3O6S/c1-2-30-17-8-10-18(11-9-17)33(28,29)26-20-6-4-3-5-19(20)23(27)25-24-14-16-7-12-21-22(13-16)32-15-31-21/h3-14,26H,2,15H2,1H3,(H,25,27)/b24-14+. The number of hydrogen-bond donors (Lipinski definition) is 2. The van der Waals surface area contributed by atoms with E-state index >= 15 is 0 Å². The first-order chi connectivity index (χ1) is 16.0. The van der Waals surface area contributed by atoms with E-state index in [-0.39, 0.29) is 22.9 Å². The van der Waals surface area contributed by atoms with Crippen molar-refractivity contribution in [2.24, 2.45) is 5.10 Å². The molecule has 0 bridgehead atoms. The van der Waals surface area contributed by atoms with Crippen LogP contribution < -0.4 is 24.4 Å². The van der Waals surface area contributed by atoms with Crippen molar-refractivity contribution in [2.75, 3.05) is 18.1 Å². The summed E-state index contributed by atoms with van der Waals surface area (Å²) in [5.74, 6) is 1.23. The number of hydrogen-bond acceptors (Lipinski definition) is 7. The smallest absolute Gasteiger partial charge is 0.273 e. The lowest BCUT2D eigenvalue weighted by molar-refractivity contribution is 0.0956. The summed E-state index contributed by atoms with van der Waals surface area (Å²) in [6.45, 7) is 2.48. The van der Waals surface area contributed by atoms with Gasteiger partial charge in [-0.15, -0.1) is 0 Å². The van der Waals surface area contributed by atoms with Gasteiger partial charge in [0.1, 0.15) is 5.75 Å². The minimum Gasteiger partial charge on any atom is -0.494 e. The van der Waals surface area contributed by atoms with E-state index < -0.39 is 15.9 Å². The third kappa shape index (κ3) is 5.24. The van der Waals surface area contributed by atoms with Gasteiger partial charge in [-0.25, -0.2) is 13.8 Å². The van der Waals surface area contributed by atoms with Crippen LogP contribution in [0.3, 0.4) is 0 Å². The van der Waals surface area contributed by atoms with Crippen LogP contribution in [0.25, 0.3) is 0 Å². The predicted molar refractivity (Wildman–Crippen MR) is 122 cm³/mol. The van der Waals surface area contributed by atoms with Crippen LogP contribution >= 0.6 is 0 Å². The van der Waals surface area contributed by atoms with E-state index in [1.807, 2.05) is 6.92 Å². The number of carbonyl (C=O) groups is 1. The maximum absolute atomic E-state index is 12.8. The van der Waals surface area contributed by atoms with E-state index in [9.17, 15) is 13.2 Å². The number of benzene rings is 3. The second kappa shape index (κ2) is 9.61. The van der Waals surface area contributed by atoms with Crippen molar-refractivity contribution in [3.8, 4) is 17.2 Å². The molecule has 2 N–H and O–H groups in total. The minimum atomic E-state index is -3.92. The van der Waals surface area contributed by atoms with E-state index in [4.69, 9.17) is 14.2 Å². The van der Waals surface area contributed by atoms with Gasteiger partial charge in [-0.2, -0.15) is 5.10 Å². The molecule has 0 fully saturated rings. The van der Waals surface area contributed by atoms with Crippen molar-refractivity contribution in [3.05, 3.63) is 77.9 Å². The number of hydrazone groups is 1. The Balaban J connectivity index is 1.46. The molecular formula is C23H21N3O6S. The van der Waals surface area contributed by atoms with Gasteiger partial charge >= 0.3 is 0 Å². The molecule has 1 aliphatic rings. The highest BCUT2D eigenvalue weighted by atomic mass is 32.2. The van der Waals surface area contributed by atoms with Crippen molar-refractivity contribution >= 4 is 27.8 Å². The van der Waals surface area contributed by atoms with Gasteiger partial charge in [0.05, 0.1) is 29.0 Å². The highest BCUT2D eigenvalue weighted by molar-refractivity contribution is 7.92. The molecule has 1 amide bonds. The van der Waals surface area contributed by atoms with E-state index in [0.29, 0.717) is 29.4 Å². The predicted octanol–water partition coefficient (Wildman–Crippen LogP) is 3.38. The summed E-state index contributed by atoms with van der Waals surface area (Å²) in [5, 5.41) is 3.95. The first kappa shape index (κ1) is 22.2. The lowest BCUT2D eigenvalue weighted by atomic mass is 10.2. The molecule has 9 nitrogen and oxygen atoms in total. The maximum Gasteiger partial charge on any atom is 0.273 e. The lowest BCUT2D eigenvalue weighted by Gasteiger charge is -2.12. The molecule has 0 saturated carbocycles. The fraction of sp³-hybridized carbons (Fsp3) is 0.130. The summed E-state index contributed by atoms with van der Waals surface area (Å²) >= 11 is 0. The molecule has 0 aliphatic carbocycles. The maximum atomic E-state index is 12.8. The molecule has 170 valence electrons. The van der Waals surface area contributed by atoms with E-state index in [0.717, 1.165) is 0 Å². The summed E-state index contributed by atoms with van der Waals surface area (Å²) < 4.78 is 44.0. The van der Waals surface area contributed by atoms with E-state index in [1.165, 1.54) is 30.5 Å². The van der Waals surface area contributed by atoms with E-state index in [2.05, 4.69) is 15.2 Å². The van der Waals surface area contributed by atoms with Crippen LogP contribution in [0.15, 0.2) is 76.7 Å². The van der Waals surface area contributed by atoms with Crippen molar-refractivity contribution in [2.45, 2.75) is 11.8 Å². The second-order valence-corrected chi connectivity index (χ2v) is 8.55. The van der Waals surface area contributed by atoms with Crippen LogP contribution in [0.1, 0.15) is 22.8 Å². The number of nitrogens with one attached hydrogen (secondary N) is 2. The number of nitrogens with zero attached hydrogens (tertiary/aromatic N) is 1. The van der Waals surface area contributed by atoms with Crippen LogP contribution in [0.5, 0.6) is 17.2 Å². The molecule has 0 saturated heterocycles. The zero-order valence-electron chi connectivity index (χ0n) is 17.6. The summed E-state index contributed by atoms with van der Waals surface area (Å²) in [7, 11) is -3.92. The third-order valence-electron chi connectivity index (χ3n) is 4.64. The number of anilines is 1. The Morgan fingerprint density at radius 1 is 1.06 bits per heavy atom. The summed E-state index contributed by atoms with van der Waals surface area (Å²) in [6, 6.07) is 17.5. The van der Waals surface area contributed by atoms with Gasteiger partial charge in [-0.1, -0.05) is 12.1 Å². The summed E-state index contributed by atoms with van der Waals surface area (Å²) in [4.78, 5) is 12.7. The second-order valence-electron chi connectivity index (χ2n) is 6.87. The molecular weight excluding hydrogens is 446 g/mol. The van der Waals surface area contributed by atoms with Crippen molar-refractivity contribution in [1.82, 2.24) is 5.43 Å². The monoisotopic (exact) mass is 467 g/mol. The summed E-state index contributed by atoms with van der Waals surface area (Å²) in [5.41, 5.74) is 3.36. The van der Waals surface area contributed by atoms with Crippen LogP contribution in [0.2, 0.25) is 0 Å². The average molecular weight is 468 g/mol. The highest BCUT2D eigenvalue weighted by Crippen LogP contribution is 2.32.